The van der Waals surface area contributed by atoms with Crippen LogP contribution < -0.4 is 5.73 Å². The molecule has 17 heavy (non-hydrogen) atoms. The quantitative estimate of drug-likeness (QED) is 0.834. The first-order chi connectivity index (χ1) is 8.16. The molecule has 0 saturated heterocycles. The Balaban J connectivity index is 2.00. The molecule has 4 heteroatoms. The van der Waals surface area contributed by atoms with Crippen molar-refractivity contribution in [1.29, 1.82) is 0 Å². The minimum Gasteiger partial charge on any atom is -0.335 e. The average molecular weight is 233 g/mol. The SMILES string of the molecule is CC(N)CC(=O)N(Cc1cccnc1)C1CC1. The molecule has 92 valence electrons. The van der Waals surface area contributed by atoms with Gasteiger partial charge in [0.05, 0.1) is 0 Å². The van der Waals surface area contributed by atoms with Crippen molar-refractivity contribution in [2.45, 2.75) is 44.8 Å². The minimum absolute atomic E-state index is 0.0716. The van der Waals surface area contributed by atoms with Crippen molar-refractivity contribution in [1.82, 2.24) is 9.88 Å². The number of rotatable bonds is 5. The molecule has 0 spiro atoms. The third kappa shape index (κ3) is 3.53. The summed E-state index contributed by atoms with van der Waals surface area (Å²) in [6.07, 6.45) is 6.22. The van der Waals surface area contributed by atoms with E-state index >= 15 is 0 Å². The third-order valence-corrected chi connectivity index (χ3v) is 2.88. The Morgan fingerprint density at radius 2 is 2.41 bits per heavy atom. The van der Waals surface area contributed by atoms with E-state index in [1.807, 2.05) is 30.2 Å². The largest absolute Gasteiger partial charge is 0.335 e. The number of hydrogen-bond acceptors (Lipinski definition) is 3. The molecule has 4 nitrogen and oxygen atoms in total. The Bertz CT molecular complexity index is 374. The monoisotopic (exact) mass is 233 g/mol. The predicted molar refractivity (Wildman–Crippen MR) is 66.1 cm³/mol. The molecule has 1 aliphatic rings. The molecular weight excluding hydrogens is 214 g/mol. The van der Waals surface area contributed by atoms with Crippen LogP contribution in [0.25, 0.3) is 0 Å². The van der Waals surface area contributed by atoms with Gasteiger partial charge in [0.25, 0.3) is 0 Å². The van der Waals surface area contributed by atoms with Crippen molar-refractivity contribution in [3.8, 4) is 0 Å². The molecule has 2 N–H and O–H groups in total. The summed E-state index contributed by atoms with van der Waals surface area (Å²) in [4.78, 5) is 18.1. The van der Waals surface area contributed by atoms with Gasteiger partial charge in [-0.3, -0.25) is 9.78 Å². The van der Waals surface area contributed by atoms with Crippen LogP contribution in [0.15, 0.2) is 24.5 Å². The van der Waals surface area contributed by atoms with Crippen molar-refractivity contribution in [3.63, 3.8) is 0 Å². The van der Waals surface area contributed by atoms with Gasteiger partial charge in [-0.1, -0.05) is 6.07 Å². The first-order valence-electron chi connectivity index (χ1n) is 6.11. The predicted octanol–water partition coefficient (Wildman–Crippen LogP) is 1.31. The van der Waals surface area contributed by atoms with Gasteiger partial charge in [-0.25, -0.2) is 0 Å². The van der Waals surface area contributed by atoms with E-state index in [0.29, 0.717) is 19.0 Å². The zero-order valence-corrected chi connectivity index (χ0v) is 10.2. The maximum Gasteiger partial charge on any atom is 0.224 e. The van der Waals surface area contributed by atoms with Crippen LogP contribution in [-0.2, 0) is 11.3 Å². The normalized spacial score (nSPS) is 16.6. The van der Waals surface area contributed by atoms with Crippen molar-refractivity contribution in [2.24, 2.45) is 5.73 Å². The number of hydrogen-bond donors (Lipinski definition) is 1. The highest BCUT2D eigenvalue weighted by Gasteiger charge is 2.32. The summed E-state index contributed by atoms with van der Waals surface area (Å²) in [7, 11) is 0. The fraction of sp³-hybridized carbons (Fsp3) is 0.538. The molecule has 1 fully saturated rings. The van der Waals surface area contributed by atoms with Gasteiger partial charge < -0.3 is 10.6 Å². The van der Waals surface area contributed by atoms with Gasteiger partial charge in [-0.15, -0.1) is 0 Å². The van der Waals surface area contributed by atoms with Gasteiger partial charge in [0.2, 0.25) is 5.91 Å². The molecule has 0 aliphatic heterocycles. The van der Waals surface area contributed by atoms with Crippen LogP contribution in [0, 0.1) is 0 Å². The molecule has 1 atom stereocenters. The van der Waals surface area contributed by atoms with Crippen LogP contribution >= 0.6 is 0 Å². The van der Waals surface area contributed by atoms with Crippen LogP contribution in [0.5, 0.6) is 0 Å². The first-order valence-corrected chi connectivity index (χ1v) is 6.11. The molecule has 1 heterocycles. The molecule has 1 aliphatic carbocycles. The lowest BCUT2D eigenvalue weighted by molar-refractivity contribution is -0.132. The lowest BCUT2D eigenvalue weighted by atomic mass is 10.2. The summed E-state index contributed by atoms with van der Waals surface area (Å²) in [6, 6.07) is 4.25. The molecule has 1 unspecified atom stereocenters. The lowest BCUT2D eigenvalue weighted by Crippen LogP contribution is -2.36. The van der Waals surface area contributed by atoms with Crippen LogP contribution in [0.1, 0.15) is 31.7 Å². The van der Waals surface area contributed by atoms with Gasteiger partial charge in [-0.2, -0.15) is 0 Å². The van der Waals surface area contributed by atoms with Crippen LogP contribution in [0.4, 0.5) is 0 Å². The molecule has 1 amide bonds. The van der Waals surface area contributed by atoms with Crippen molar-refractivity contribution in [2.75, 3.05) is 0 Å². The standard InChI is InChI=1S/C13H19N3O/c1-10(14)7-13(17)16(12-4-5-12)9-11-3-2-6-15-8-11/h2-3,6,8,10,12H,4-5,7,9,14H2,1H3. The molecule has 1 saturated carbocycles. The fourth-order valence-electron chi connectivity index (χ4n) is 1.89. The van der Waals surface area contributed by atoms with Gasteiger partial charge >= 0.3 is 0 Å². The molecule has 1 aromatic heterocycles. The number of nitrogens with two attached hydrogens (primary N) is 1. The smallest absolute Gasteiger partial charge is 0.224 e. The summed E-state index contributed by atoms with van der Waals surface area (Å²) in [5.74, 6) is 0.159. The highest BCUT2D eigenvalue weighted by atomic mass is 16.2. The number of carbonyl (C=O) groups excluding carboxylic acids is 1. The van der Waals surface area contributed by atoms with Crippen LogP contribution in [-0.4, -0.2) is 27.9 Å². The average Bonchev–Trinajstić information content (AvgIpc) is 3.10. The fourth-order valence-corrected chi connectivity index (χ4v) is 1.89. The van der Waals surface area contributed by atoms with Crippen molar-refractivity contribution < 1.29 is 4.79 Å². The van der Waals surface area contributed by atoms with Gasteiger partial charge in [0.15, 0.2) is 0 Å². The highest BCUT2D eigenvalue weighted by Crippen LogP contribution is 2.28. The highest BCUT2D eigenvalue weighted by molar-refractivity contribution is 5.77. The zero-order valence-electron chi connectivity index (χ0n) is 10.2. The Kier molecular flexibility index (Phi) is 3.74. The molecule has 0 radical (unpaired) electrons. The van der Waals surface area contributed by atoms with Crippen LogP contribution in [0.3, 0.4) is 0 Å². The summed E-state index contributed by atoms with van der Waals surface area (Å²) in [5.41, 5.74) is 6.77. The maximum atomic E-state index is 12.1. The second-order valence-corrected chi connectivity index (χ2v) is 4.80. The van der Waals surface area contributed by atoms with Gasteiger partial charge in [-0.05, 0) is 31.4 Å². The minimum atomic E-state index is -0.0716. The Morgan fingerprint density at radius 3 is 2.94 bits per heavy atom. The van der Waals surface area contributed by atoms with Crippen LogP contribution in [0.2, 0.25) is 0 Å². The molecular formula is C13H19N3O. The van der Waals surface area contributed by atoms with E-state index < -0.39 is 0 Å². The summed E-state index contributed by atoms with van der Waals surface area (Å²) in [5, 5.41) is 0. The lowest BCUT2D eigenvalue weighted by Gasteiger charge is -2.23. The van der Waals surface area contributed by atoms with Crippen molar-refractivity contribution in [3.05, 3.63) is 30.1 Å². The van der Waals surface area contributed by atoms with Gasteiger partial charge in [0, 0.05) is 37.4 Å². The van der Waals surface area contributed by atoms with E-state index in [1.54, 1.807) is 6.20 Å². The topological polar surface area (TPSA) is 59.2 Å². The Labute approximate surface area is 102 Å². The van der Waals surface area contributed by atoms with E-state index in [1.165, 1.54) is 0 Å². The second-order valence-electron chi connectivity index (χ2n) is 4.80. The zero-order chi connectivity index (χ0) is 12.3. The molecule has 0 aromatic carbocycles. The van der Waals surface area contributed by atoms with Crippen molar-refractivity contribution >= 4 is 5.91 Å². The number of carbonyl (C=O) groups is 1. The summed E-state index contributed by atoms with van der Waals surface area (Å²) in [6.45, 7) is 2.52. The Morgan fingerprint density at radius 1 is 1.65 bits per heavy atom. The second kappa shape index (κ2) is 5.27. The molecule has 0 bridgehead atoms. The van der Waals surface area contributed by atoms with E-state index in [4.69, 9.17) is 5.73 Å². The molecule has 1 aromatic rings. The maximum absolute atomic E-state index is 12.1. The Hall–Kier alpha value is -1.42. The number of nitrogens with zero attached hydrogens (tertiary/aromatic N) is 2. The third-order valence-electron chi connectivity index (χ3n) is 2.88. The molecule has 2 rings (SSSR count). The van der Waals surface area contributed by atoms with Gasteiger partial charge in [0.1, 0.15) is 0 Å². The van der Waals surface area contributed by atoms with E-state index in [2.05, 4.69) is 4.98 Å². The summed E-state index contributed by atoms with van der Waals surface area (Å²) < 4.78 is 0. The van der Waals surface area contributed by atoms with E-state index in [0.717, 1.165) is 18.4 Å². The van der Waals surface area contributed by atoms with E-state index in [-0.39, 0.29) is 11.9 Å². The number of pyridine rings is 1. The number of aromatic nitrogens is 1. The number of amides is 1. The summed E-state index contributed by atoms with van der Waals surface area (Å²) >= 11 is 0. The van der Waals surface area contributed by atoms with E-state index in [9.17, 15) is 4.79 Å². The first kappa shape index (κ1) is 12.0.